The van der Waals surface area contributed by atoms with Crippen molar-refractivity contribution in [3.05, 3.63) is 72.1 Å². The van der Waals surface area contributed by atoms with Crippen LogP contribution in [0.2, 0.25) is 0 Å². The zero-order valence-electron chi connectivity index (χ0n) is 20.7. The van der Waals surface area contributed by atoms with E-state index >= 15 is 0 Å². The number of alkyl halides is 3. The molecule has 1 N–H and O–H groups in total. The van der Waals surface area contributed by atoms with E-state index in [1.165, 1.54) is 18.2 Å². The molecule has 4 aromatic rings. The molecular formula is C27H26F4N6O. The topological polar surface area (TPSA) is 77.8 Å². The quantitative estimate of drug-likeness (QED) is 0.203. The zero-order valence-corrected chi connectivity index (χ0v) is 20.7. The van der Waals surface area contributed by atoms with Gasteiger partial charge in [-0.2, -0.15) is 13.2 Å². The fraction of sp³-hybridized carbons (Fsp3) is 0.333. The highest BCUT2D eigenvalue weighted by molar-refractivity contribution is 5.78. The van der Waals surface area contributed by atoms with Crippen LogP contribution < -0.4 is 10.1 Å². The number of hydrogen-bond donors (Lipinski definition) is 1. The summed E-state index contributed by atoms with van der Waals surface area (Å²) in [6.45, 7) is 3.03. The van der Waals surface area contributed by atoms with Crippen molar-refractivity contribution in [3.8, 4) is 28.5 Å². The molecule has 0 amide bonds. The molecule has 1 unspecified atom stereocenters. The highest BCUT2D eigenvalue weighted by atomic mass is 19.4. The number of nitrogens with zero attached hydrogens (tertiary/aromatic N) is 5. The van der Waals surface area contributed by atoms with Gasteiger partial charge in [0.2, 0.25) is 11.8 Å². The smallest absolute Gasteiger partial charge is 0.417 e. The molecule has 0 bridgehead atoms. The van der Waals surface area contributed by atoms with E-state index in [1.54, 1.807) is 24.4 Å². The molecule has 1 aromatic carbocycles. The van der Waals surface area contributed by atoms with Gasteiger partial charge in [-0.25, -0.2) is 24.3 Å². The second kappa shape index (κ2) is 10.8. The lowest BCUT2D eigenvalue weighted by atomic mass is 10.1. The van der Waals surface area contributed by atoms with Crippen molar-refractivity contribution in [3.63, 3.8) is 0 Å². The Kier molecular flexibility index (Phi) is 7.26. The summed E-state index contributed by atoms with van der Waals surface area (Å²) in [4.78, 5) is 17.8. The van der Waals surface area contributed by atoms with Crippen molar-refractivity contribution in [1.29, 1.82) is 0 Å². The summed E-state index contributed by atoms with van der Waals surface area (Å²) < 4.78 is 60.1. The molecule has 0 saturated carbocycles. The molecule has 0 spiro atoms. The molecule has 0 saturated heterocycles. The van der Waals surface area contributed by atoms with Crippen LogP contribution in [0.5, 0.6) is 5.88 Å². The Labute approximate surface area is 217 Å². The van der Waals surface area contributed by atoms with Gasteiger partial charge < -0.3 is 14.6 Å². The number of unbranched alkanes of at least 4 members (excludes halogenated alkanes) is 1. The number of ether oxygens (including phenoxy) is 1. The second-order valence-electron chi connectivity index (χ2n) is 9.03. The number of pyridine rings is 1. The SMILES string of the molecule is CCCCNc1nccc(-c2c(-c3ccc(F)cc3)nc3n2C(COc2ccc(C(F)(F)F)cn2)CC3)n1. The summed E-state index contributed by atoms with van der Waals surface area (Å²) in [7, 11) is 0. The first-order valence-electron chi connectivity index (χ1n) is 12.4. The fourth-order valence-corrected chi connectivity index (χ4v) is 4.45. The van der Waals surface area contributed by atoms with Gasteiger partial charge in [-0.1, -0.05) is 13.3 Å². The van der Waals surface area contributed by atoms with E-state index in [-0.39, 0.29) is 24.3 Å². The molecule has 3 aromatic heterocycles. The van der Waals surface area contributed by atoms with Crippen LogP contribution >= 0.6 is 0 Å². The normalized spacial score (nSPS) is 14.9. The number of rotatable bonds is 9. The van der Waals surface area contributed by atoms with E-state index in [0.29, 0.717) is 23.8 Å². The average molecular weight is 527 g/mol. The number of nitrogens with one attached hydrogen (secondary N) is 1. The van der Waals surface area contributed by atoms with Crippen molar-refractivity contribution in [1.82, 2.24) is 24.5 Å². The van der Waals surface area contributed by atoms with Crippen LogP contribution in [0.25, 0.3) is 22.6 Å². The van der Waals surface area contributed by atoms with Gasteiger partial charge in [-0.3, -0.25) is 0 Å². The van der Waals surface area contributed by atoms with Crippen LogP contribution in [-0.2, 0) is 12.6 Å². The molecule has 198 valence electrons. The molecule has 0 aliphatic carbocycles. The van der Waals surface area contributed by atoms with Crippen molar-refractivity contribution >= 4 is 5.95 Å². The van der Waals surface area contributed by atoms with Crippen LogP contribution in [0.3, 0.4) is 0 Å². The van der Waals surface area contributed by atoms with Crippen molar-refractivity contribution in [2.75, 3.05) is 18.5 Å². The minimum Gasteiger partial charge on any atom is -0.475 e. The number of halogens is 4. The average Bonchev–Trinajstić information content (AvgIpc) is 3.47. The lowest BCUT2D eigenvalue weighted by Crippen LogP contribution is -2.16. The first kappa shape index (κ1) is 25.6. The van der Waals surface area contributed by atoms with Crippen molar-refractivity contribution in [2.24, 2.45) is 0 Å². The number of hydrogen-bond acceptors (Lipinski definition) is 6. The summed E-state index contributed by atoms with van der Waals surface area (Å²) in [5.41, 5.74) is 1.97. The third-order valence-corrected chi connectivity index (χ3v) is 6.37. The van der Waals surface area contributed by atoms with E-state index in [2.05, 4.69) is 26.8 Å². The maximum atomic E-state index is 13.7. The Morgan fingerprint density at radius 1 is 1.05 bits per heavy atom. The highest BCUT2D eigenvalue weighted by Crippen LogP contribution is 2.39. The molecular weight excluding hydrogens is 500 g/mol. The van der Waals surface area contributed by atoms with Gasteiger partial charge in [-0.15, -0.1) is 0 Å². The number of fused-ring (bicyclic) bond motifs is 1. The second-order valence-corrected chi connectivity index (χ2v) is 9.03. The number of benzene rings is 1. The zero-order chi connectivity index (χ0) is 26.7. The van der Waals surface area contributed by atoms with Crippen LogP contribution in [0.1, 0.15) is 43.6 Å². The van der Waals surface area contributed by atoms with Gasteiger partial charge in [0.05, 0.1) is 28.7 Å². The monoisotopic (exact) mass is 526 g/mol. The van der Waals surface area contributed by atoms with E-state index in [1.807, 2.05) is 0 Å². The molecule has 11 heteroatoms. The molecule has 1 aliphatic heterocycles. The van der Waals surface area contributed by atoms with Crippen molar-refractivity contribution in [2.45, 2.75) is 44.8 Å². The predicted octanol–water partition coefficient (Wildman–Crippen LogP) is 6.34. The Morgan fingerprint density at radius 2 is 1.87 bits per heavy atom. The highest BCUT2D eigenvalue weighted by Gasteiger charge is 2.32. The van der Waals surface area contributed by atoms with Gasteiger partial charge in [0.15, 0.2) is 0 Å². The Bertz CT molecular complexity index is 1390. The molecule has 1 atom stereocenters. The number of imidazole rings is 1. The number of anilines is 1. The fourth-order valence-electron chi connectivity index (χ4n) is 4.45. The van der Waals surface area contributed by atoms with Crippen LogP contribution in [-0.4, -0.2) is 37.7 Å². The molecule has 4 heterocycles. The van der Waals surface area contributed by atoms with Gasteiger partial charge in [0.25, 0.3) is 0 Å². The summed E-state index contributed by atoms with van der Waals surface area (Å²) in [6, 6.07) is 9.94. The number of aromatic nitrogens is 5. The van der Waals surface area contributed by atoms with Gasteiger partial charge in [-0.05, 0) is 49.2 Å². The largest absolute Gasteiger partial charge is 0.475 e. The summed E-state index contributed by atoms with van der Waals surface area (Å²) in [5, 5.41) is 3.24. The van der Waals surface area contributed by atoms with Crippen molar-refractivity contribution < 1.29 is 22.3 Å². The first-order chi connectivity index (χ1) is 18.3. The van der Waals surface area contributed by atoms with Crippen LogP contribution in [0.4, 0.5) is 23.5 Å². The lowest BCUT2D eigenvalue weighted by molar-refractivity contribution is -0.137. The Hall–Kier alpha value is -4.02. The minimum atomic E-state index is -4.46. The molecule has 1 aliphatic rings. The third kappa shape index (κ3) is 5.46. The summed E-state index contributed by atoms with van der Waals surface area (Å²) in [5.74, 6) is 1.09. The van der Waals surface area contributed by atoms with Crippen LogP contribution in [0.15, 0.2) is 54.9 Å². The van der Waals surface area contributed by atoms with E-state index in [9.17, 15) is 17.6 Å². The summed E-state index contributed by atoms with van der Waals surface area (Å²) in [6.07, 6.45) is 1.40. The molecule has 0 fully saturated rings. The third-order valence-electron chi connectivity index (χ3n) is 6.37. The lowest BCUT2D eigenvalue weighted by Gasteiger charge is -2.18. The Balaban J connectivity index is 1.47. The van der Waals surface area contributed by atoms with E-state index in [4.69, 9.17) is 14.7 Å². The van der Waals surface area contributed by atoms with Gasteiger partial charge >= 0.3 is 6.18 Å². The molecule has 38 heavy (non-hydrogen) atoms. The van der Waals surface area contributed by atoms with E-state index < -0.39 is 11.7 Å². The maximum Gasteiger partial charge on any atom is 0.417 e. The van der Waals surface area contributed by atoms with Gasteiger partial charge in [0, 0.05) is 37.0 Å². The number of aryl methyl sites for hydroxylation is 1. The first-order valence-corrected chi connectivity index (χ1v) is 12.4. The summed E-state index contributed by atoms with van der Waals surface area (Å²) >= 11 is 0. The molecule has 7 nitrogen and oxygen atoms in total. The molecule has 0 radical (unpaired) electrons. The van der Waals surface area contributed by atoms with Gasteiger partial charge in [0.1, 0.15) is 18.2 Å². The Morgan fingerprint density at radius 3 is 2.58 bits per heavy atom. The molecule has 5 rings (SSSR count). The van der Waals surface area contributed by atoms with E-state index in [0.717, 1.165) is 55.2 Å². The predicted molar refractivity (Wildman–Crippen MR) is 134 cm³/mol. The van der Waals surface area contributed by atoms with Crippen LogP contribution in [0, 0.1) is 5.82 Å². The standard InChI is InChI=1S/C27H26F4N6O/c1-2-3-13-32-26-33-14-12-21(35-26)25-24(17-4-7-19(28)8-5-17)36-22-10-9-20(37(22)25)16-38-23-11-6-18(15-34-23)27(29,30)31/h4-8,11-12,14-15,20H,2-3,9-10,13,16H2,1H3,(H,32,33,35). The minimum absolute atomic E-state index is 0.108. The maximum absolute atomic E-state index is 13.7.